The number of rotatable bonds is 3. The summed E-state index contributed by atoms with van der Waals surface area (Å²) in [6.07, 6.45) is 2.10. The van der Waals surface area contributed by atoms with Gasteiger partial charge in [-0.15, -0.1) is 0 Å². The molecule has 0 aliphatic carbocycles. The predicted octanol–water partition coefficient (Wildman–Crippen LogP) is -0.0659. The van der Waals surface area contributed by atoms with Gasteiger partial charge >= 0.3 is 0 Å². The molecule has 0 aromatic carbocycles. The molecule has 1 amide bonds. The molecule has 1 atom stereocenters. The molecule has 1 aliphatic rings. The first-order valence-electron chi connectivity index (χ1n) is 5.43. The van der Waals surface area contributed by atoms with E-state index >= 15 is 0 Å². The Hall–Kier alpha value is -0.610. The molecule has 14 heavy (non-hydrogen) atoms. The molecule has 1 aliphatic heterocycles. The molecule has 1 unspecified atom stereocenters. The monoisotopic (exact) mass is 199 g/mol. The third-order valence-electron chi connectivity index (χ3n) is 2.69. The molecule has 1 saturated heterocycles. The molecule has 0 bridgehead atoms. The van der Waals surface area contributed by atoms with E-state index in [-0.39, 0.29) is 11.9 Å². The first-order valence-corrected chi connectivity index (χ1v) is 5.43. The zero-order chi connectivity index (χ0) is 10.6. The van der Waals surface area contributed by atoms with Crippen molar-refractivity contribution in [2.24, 2.45) is 5.73 Å². The Bertz CT molecular complexity index is 186. The summed E-state index contributed by atoms with van der Waals surface area (Å²) in [7, 11) is 0. The highest BCUT2D eigenvalue weighted by molar-refractivity contribution is 5.81. The van der Waals surface area contributed by atoms with E-state index in [9.17, 15) is 4.79 Å². The lowest BCUT2D eigenvalue weighted by atomic mass is 10.0. The van der Waals surface area contributed by atoms with Crippen molar-refractivity contribution < 1.29 is 4.79 Å². The van der Waals surface area contributed by atoms with Crippen molar-refractivity contribution in [1.82, 2.24) is 10.2 Å². The highest BCUT2D eigenvalue weighted by Crippen LogP contribution is 2.10. The molecule has 0 aromatic rings. The average Bonchev–Trinajstić information content (AvgIpc) is 2.18. The van der Waals surface area contributed by atoms with Gasteiger partial charge in [-0.1, -0.05) is 6.92 Å². The SMILES string of the molecule is CCNC1CCN(C(=O)C(C)N)CC1. The van der Waals surface area contributed by atoms with Gasteiger partial charge in [0.1, 0.15) is 0 Å². The van der Waals surface area contributed by atoms with Crippen LogP contribution in [-0.4, -0.2) is 42.5 Å². The molecule has 4 nitrogen and oxygen atoms in total. The summed E-state index contributed by atoms with van der Waals surface area (Å²) in [6, 6.07) is 0.225. The summed E-state index contributed by atoms with van der Waals surface area (Å²) >= 11 is 0. The van der Waals surface area contributed by atoms with E-state index in [1.165, 1.54) is 0 Å². The lowest BCUT2D eigenvalue weighted by Crippen LogP contribution is -2.49. The Morgan fingerprint density at radius 2 is 2.14 bits per heavy atom. The number of hydrogen-bond donors (Lipinski definition) is 2. The van der Waals surface area contributed by atoms with Crippen LogP contribution in [0, 0.1) is 0 Å². The van der Waals surface area contributed by atoms with E-state index in [0.717, 1.165) is 32.5 Å². The summed E-state index contributed by atoms with van der Waals surface area (Å²) in [5.74, 6) is 0.0833. The van der Waals surface area contributed by atoms with Crippen molar-refractivity contribution >= 4 is 5.91 Å². The number of carbonyl (C=O) groups is 1. The standard InChI is InChI=1S/C10H21N3O/c1-3-12-9-4-6-13(7-5-9)10(14)8(2)11/h8-9,12H,3-7,11H2,1-2H3. The lowest BCUT2D eigenvalue weighted by molar-refractivity contribution is -0.133. The normalized spacial score (nSPS) is 20.9. The van der Waals surface area contributed by atoms with E-state index < -0.39 is 0 Å². The Balaban J connectivity index is 2.32. The van der Waals surface area contributed by atoms with Gasteiger partial charge in [-0.2, -0.15) is 0 Å². The van der Waals surface area contributed by atoms with Crippen LogP contribution in [0.5, 0.6) is 0 Å². The summed E-state index contributed by atoms with van der Waals surface area (Å²) in [5.41, 5.74) is 5.55. The Kier molecular flexibility index (Phi) is 4.35. The number of amides is 1. The largest absolute Gasteiger partial charge is 0.341 e. The van der Waals surface area contributed by atoms with Crippen LogP contribution in [0.4, 0.5) is 0 Å². The molecule has 82 valence electrons. The van der Waals surface area contributed by atoms with Gasteiger partial charge in [0.25, 0.3) is 0 Å². The van der Waals surface area contributed by atoms with Gasteiger partial charge in [0.2, 0.25) is 5.91 Å². The summed E-state index contributed by atoms with van der Waals surface area (Å²) < 4.78 is 0. The molecule has 0 saturated carbocycles. The van der Waals surface area contributed by atoms with Gasteiger partial charge in [-0.3, -0.25) is 4.79 Å². The third kappa shape index (κ3) is 2.96. The van der Waals surface area contributed by atoms with Crippen molar-refractivity contribution in [3.05, 3.63) is 0 Å². The fourth-order valence-electron chi connectivity index (χ4n) is 1.88. The number of piperidine rings is 1. The second kappa shape index (κ2) is 5.32. The summed E-state index contributed by atoms with van der Waals surface area (Å²) in [4.78, 5) is 13.4. The molecule has 0 aromatic heterocycles. The van der Waals surface area contributed by atoms with Gasteiger partial charge in [-0.25, -0.2) is 0 Å². The molecule has 0 radical (unpaired) electrons. The minimum absolute atomic E-state index is 0.0833. The number of nitrogens with two attached hydrogens (primary N) is 1. The van der Waals surface area contributed by atoms with Gasteiger partial charge in [-0.05, 0) is 26.3 Å². The van der Waals surface area contributed by atoms with Gasteiger partial charge in [0, 0.05) is 19.1 Å². The minimum atomic E-state index is -0.356. The molecular weight excluding hydrogens is 178 g/mol. The average molecular weight is 199 g/mol. The second-order valence-corrected chi connectivity index (χ2v) is 3.95. The zero-order valence-electron chi connectivity index (χ0n) is 9.12. The third-order valence-corrected chi connectivity index (χ3v) is 2.69. The minimum Gasteiger partial charge on any atom is -0.341 e. The number of hydrogen-bond acceptors (Lipinski definition) is 3. The lowest BCUT2D eigenvalue weighted by Gasteiger charge is -2.33. The van der Waals surface area contributed by atoms with Gasteiger partial charge in [0.15, 0.2) is 0 Å². The fraction of sp³-hybridized carbons (Fsp3) is 0.900. The summed E-state index contributed by atoms with van der Waals surface area (Å²) in [6.45, 7) is 6.56. The van der Waals surface area contributed by atoms with Gasteiger partial charge < -0.3 is 16.0 Å². The molecule has 3 N–H and O–H groups in total. The highest BCUT2D eigenvalue weighted by atomic mass is 16.2. The first kappa shape index (κ1) is 11.5. The maximum atomic E-state index is 11.5. The van der Waals surface area contributed by atoms with Crippen LogP contribution >= 0.6 is 0 Å². The van der Waals surface area contributed by atoms with Crippen LogP contribution in [0.1, 0.15) is 26.7 Å². The molecule has 1 rings (SSSR count). The van der Waals surface area contributed by atoms with E-state index in [2.05, 4.69) is 12.2 Å². The maximum absolute atomic E-state index is 11.5. The van der Waals surface area contributed by atoms with E-state index in [0.29, 0.717) is 6.04 Å². The van der Waals surface area contributed by atoms with Crippen LogP contribution in [0.3, 0.4) is 0 Å². The van der Waals surface area contributed by atoms with Crippen LogP contribution in [0.25, 0.3) is 0 Å². The molecule has 4 heteroatoms. The topological polar surface area (TPSA) is 58.4 Å². The van der Waals surface area contributed by atoms with Crippen LogP contribution < -0.4 is 11.1 Å². The van der Waals surface area contributed by atoms with Crippen LogP contribution in [0.2, 0.25) is 0 Å². The van der Waals surface area contributed by atoms with Crippen LogP contribution in [-0.2, 0) is 4.79 Å². The smallest absolute Gasteiger partial charge is 0.239 e. The zero-order valence-corrected chi connectivity index (χ0v) is 9.12. The molecule has 1 fully saturated rings. The van der Waals surface area contributed by atoms with Gasteiger partial charge in [0.05, 0.1) is 6.04 Å². The second-order valence-electron chi connectivity index (χ2n) is 3.95. The molecular formula is C10H21N3O. The Morgan fingerprint density at radius 3 is 2.57 bits per heavy atom. The Morgan fingerprint density at radius 1 is 1.57 bits per heavy atom. The predicted molar refractivity (Wildman–Crippen MR) is 56.9 cm³/mol. The highest BCUT2D eigenvalue weighted by Gasteiger charge is 2.23. The van der Waals surface area contributed by atoms with E-state index in [1.807, 2.05) is 4.90 Å². The fourth-order valence-corrected chi connectivity index (χ4v) is 1.88. The van der Waals surface area contributed by atoms with Crippen molar-refractivity contribution in [2.45, 2.75) is 38.8 Å². The quantitative estimate of drug-likeness (QED) is 0.669. The van der Waals surface area contributed by atoms with Crippen molar-refractivity contribution in [3.8, 4) is 0 Å². The van der Waals surface area contributed by atoms with Crippen molar-refractivity contribution in [2.75, 3.05) is 19.6 Å². The maximum Gasteiger partial charge on any atom is 0.239 e. The van der Waals surface area contributed by atoms with Crippen molar-refractivity contribution in [1.29, 1.82) is 0 Å². The summed E-state index contributed by atoms with van der Waals surface area (Å²) in [5, 5.41) is 3.40. The molecule has 0 spiro atoms. The van der Waals surface area contributed by atoms with E-state index in [1.54, 1.807) is 6.92 Å². The number of nitrogens with zero attached hydrogens (tertiary/aromatic N) is 1. The first-order chi connectivity index (χ1) is 6.65. The number of likely N-dealkylation sites (tertiary alicyclic amines) is 1. The van der Waals surface area contributed by atoms with E-state index in [4.69, 9.17) is 5.73 Å². The van der Waals surface area contributed by atoms with Crippen molar-refractivity contribution in [3.63, 3.8) is 0 Å². The molecule has 1 heterocycles. The number of nitrogens with one attached hydrogen (secondary N) is 1. The Labute approximate surface area is 85.8 Å². The van der Waals surface area contributed by atoms with Crippen LogP contribution in [0.15, 0.2) is 0 Å². The number of carbonyl (C=O) groups excluding carboxylic acids is 1.